The molecule has 2 rings (SSSR count). The van der Waals surface area contributed by atoms with Gasteiger partial charge in [-0.05, 0) is 18.2 Å². The molecule has 1 amide bonds. The second-order valence-electron chi connectivity index (χ2n) is 4.25. The molecule has 0 atom stereocenters. The van der Waals surface area contributed by atoms with E-state index >= 15 is 0 Å². The molecule has 0 radical (unpaired) electrons. The zero-order valence-electron chi connectivity index (χ0n) is 11.3. The van der Waals surface area contributed by atoms with Crippen molar-refractivity contribution in [3.63, 3.8) is 0 Å². The lowest BCUT2D eigenvalue weighted by atomic mass is 10.1. The molecule has 0 aliphatic heterocycles. The average Bonchev–Trinajstić information content (AvgIpc) is 2.48. The molecule has 23 heavy (non-hydrogen) atoms. The van der Waals surface area contributed by atoms with Gasteiger partial charge in [-0.15, -0.1) is 0 Å². The molecular formula is C14H9ClF2N2O4. The fourth-order valence-electron chi connectivity index (χ4n) is 1.76. The number of nitrogens with one attached hydrogen (secondary N) is 1. The van der Waals surface area contributed by atoms with Gasteiger partial charge in [0, 0.05) is 12.1 Å². The first-order valence-electron chi connectivity index (χ1n) is 6.17. The smallest absolute Gasteiger partial charge is 0.387 e. The number of non-ortho nitro benzene ring substituents is 1. The molecular weight excluding hydrogens is 334 g/mol. The minimum absolute atomic E-state index is 0.0135. The number of hydrogen-bond acceptors (Lipinski definition) is 4. The number of hydrogen-bond donors (Lipinski definition) is 1. The lowest BCUT2D eigenvalue weighted by Crippen LogP contribution is -2.14. The predicted octanol–water partition coefficient (Wildman–Crippen LogP) is 4.10. The minimum atomic E-state index is -3.06. The zero-order valence-corrected chi connectivity index (χ0v) is 12.1. The summed E-state index contributed by atoms with van der Waals surface area (Å²) in [5.74, 6) is -1.03. The van der Waals surface area contributed by atoms with E-state index in [1.54, 1.807) is 0 Å². The Balaban J connectivity index is 2.30. The van der Waals surface area contributed by atoms with Gasteiger partial charge in [-0.25, -0.2) is 0 Å². The van der Waals surface area contributed by atoms with Crippen molar-refractivity contribution < 1.29 is 23.2 Å². The van der Waals surface area contributed by atoms with Crippen LogP contribution in [-0.4, -0.2) is 17.4 Å². The highest BCUT2D eigenvalue weighted by molar-refractivity contribution is 6.34. The molecule has 2 aromatic rings. The van der Waals surface area contributed by atoms with Crippen LogP contribution in [-0.2, 0) is 0 Å². The molecule has 120 valence electrons. The van der Waals surface area contributed by atoms with E-state index in [2.05, 4.69) is 10.1 Å². The Kier molecular flexibility index (Phi) is 5.07. The zero-order chi connectivity index (χ0) is 17.0. The van der Waals surface area contributed by atoms with Crippen molar-refractivity contribution in [1.82, 2.24) is 0 Å². The molecule has 0 bridgehead atoms. The molecule has 1 N–H and O–H groups in total. The number of alkyl halides is 2. The highest BCUT2D eigenvalue weighted by Crippen LogP contribution is 2.28. The normalized spacial score (nSPS) is 10.4. The van der Waals surface area contributed by atoms with E-state index in [1.807, 2.05) is 0 Å². The van der Waals surface area contributed by atoms with Gasteiger partial charge in [0.25, 0.3) is 11.6 Å². The Morgan fingerprint density at radius 2 is 1.96 bits per heavy atom. The molecule has 0 saturated heterocycles. The lowest BCUT2D eigenvalue weighted by Gasteiger charge is -2.12. The largest absolute Gasteiger partial charge is 0.433 e. The second kappa shape index (κ2) is 7.01. The SMILES string of the molecule is O=C(Nc1ccccc1OC(F)F)c1cc([N+](=O)[O-])ccc1Cl. The summed E-state index contributed by atoms with van der Waals surface area (Å²) in [6.07, 6.45) is 0. The maximum Gasteiger partial charge on any atom is 0.387 e. The Morgan fingerprint density at radius 3 is 2.61 bits per heavy atom. The molecule has 0 heterocycles. The highest BCUT2D eigenvalue weighted by Gasteiger charge is 2.18. The van der Waals surface area contributed by atoms with Crippen molar-refractivity contribution in [2.45, 2.75) is 6.61 Å². The van der Waals surface area contributed by atoms with Crippen LogP contribution in [0.25, 0.3) is 0 Å². The molecule has 0 spiro atoms. The van der Waals surface area contributed by atoms with Crippen molar-refractivity contribution in [1.29, 1.82) is 0 Å². The third kappa shape index (κ3) is 4.13. The van der Waals surface area contributed by atoms with Crippen molar-refractivity contribution in [2.24, 2.45) is 0 Å². The first-order chi connectivity index (χ1) is 10.9. The monoisotopic (exact) mass is 342 g/mol. The van der Waals surface area contributed by atoms with Crippen molar-refractivity contribution in [3.8, 4) is 5.75 Å². The number of rotatable bonds is 5. The van der Waals surface area contributed by atoms with E-state index in [9.17, 15) is 23.7 Å². The molecule has 6 nitrogen and oxygen atoms in total. The van der Waals surface area contributed by atoms with E-state index < -0.39 is 17.4 Å². The lowest BCUT2D eigenvalue weighted by molar-refractivity contribution is -0.384. The van der Waals surface area contributed by atoms with Crippen LogP contribution in [0.2, 0.25) is 5.02 Å². The quantitative estimate of drug-likeness (QED) is 0.655. The maximum absolute atomic E-state index is 12.3. The number of amides is 1. The summed E-state index contributed by atoms with van der Waals surface area (Å²) >= 11 is 5.85. The summed E-state index contributed by atoms with van der Waals surface area (Å²) in [5.41, 5.74) is -0.496. The fourth-order valence-corrected chi connectivity index (χ4v) is 1.96. The average molecular weight is 343 g/mol. The van der Waals surface area contributed by atoms with E-state index in [-0.39, 0.29) is 27.7 Å². The topological polar surface area (TPSA) is 81.5 Å². The molecule has 0 unspecified atom stereocenters. The summed E-state index contributed by atoms with van der Waals surface area (Å²) in [6.45, 7) is -3.06. The van der Waals surface area contributed by atoms with Crippen LogP contribution in [0.3, 0.4) is 0 Å². The van der Waals surface area contributed by atoms with Gasteiger partial charge in [-0.2, -0.15) is 8.78 Å². The number of benzene rings is 2. The summed E-state index contributed by atoms with van der Waals surface area (Å²) < 4.78 is 29.0. The molecule has 0 aliphatic carbocycles. The predicted molar refractivity (Wildman–Crippen MR) is 79.1 cm³/mol. The fraction of sp³-hybridized carbons (Fsp3) is 0.0714. The molecule has 0 aliphatic rings. The number of carbonyl (C=O) groups is 1. The number of nitro groups is 1. The van der Waals surface area contributed by atoms with Gasteiger partial charge >= 0.3 is 6.61 Å². The van der Waals surface area contributed by atoms with Crippen LogP contribution in [0.1, 0.15) is 10.4 Å². The Morgan fingerprint density at radius 1 is 1.26 bits per heavy atom. The van der Waals surface area contributed by atoms with Gasteiger partial charge < -0.3 is 10.1 Å². The molecule has 0 fully saturated rings. The minimum Gasteiger partial charge on any atom is -0.433 e. The van der Waals surface area contributed by atoms with Gasteiger partial charge in [0.05, 0.1) is 21.2 Å². The van der Waals surface area contributed by atoms with E-state index in [0.717, 1.165) is 12.1 Å². The van der Waals surface area contributed by atoms with Gasteiger partial charge in [-0.1, -0.05) is 23.7 Å². The van der Waals surface area contributed by atoms with Crippen LogP contribution < -0.4 is 10.1 Å². The second-order valence-corrected chi connectivity index (χ2v) is 4.66. The maximum atomic E-state index is 12.3. The van der Waals surface area contributed by atoms with E-state index in [1.165, 1.54) is 30.3 Å². The third-order valence-corrected chi connectivity index (χ3v) is 3.09. The van der Waals surface area contributed by atoms with Gasteiger partial charge in [0.15, 0.2) is 0 Å². The van der Waals surface area contributed by atoms with Crippen molar-refractivity contribution >= 4 is 28.9 Å². The van der Waals surface area contributed by atoms with Crippen LogP contribution in [0, 0.1) is 10.1 Å². The number of para-hydroxylation sites is 2. The highest BCUT2D eigenvalue weighted by atomic mass is 35.5. The molecule has 2 aromatic carbocycles. The number of ether oxygens (including phenoxy) is 1. The van der Waals surface area contributed by atoms with Gasteiger partial charge in [-0.3, -0.25) is 14.9 Å². The Bertz CT molecular complexity index is 755. The Labute approximate surface area is 133 Å². The summed E-state index contributed by atoms with van der Waals surface area (Å²) in [5, 5.41) is 13.1. The van der Waals surface area contributed by atoms with Crippen LogP contribution in [0.15, 0.2) is 42.5 Å². The van der Waals surface area contributed by atoms with Crippen LogP contribution in [0.4, 0.5) is 20.2 Å². The first kappa shape index (κ1) is 16.6. The van der Waals surface area contributed by atoms with Crippen molar-refractivity contribution in [2.75, 3.05) is 5.32 Å². The molecule has 0 aromatic heterocycles. The summed E-state index contributed by atoms with van der Waals surface area (Å²) in [4.78, 5) is 22.3. The first-order valence-corrected chi connectivity index (χ1v) is 6.55. The summed E-state index contributed by atoms with van der Waals surface area (Å²) in [7, 11) is 0. The molecule has 0 saturated carbocycles. The van der Waals surface area contributed by atoms with E-state index in [4.69, 9.17) is 11.6 Å². The third-order valence-electron chi connectivity index (χ3n) is 2.76. The number of nitrogens with zero attached hydrogens (tertiary/aromatic N) is 1. The number of halogens is 3. The van der Waals surface area contributed by atoms with Gasteiger partial charge in [0.2, 0.25) is 0 Å². The molecule has 9 heteroatoms. The van der Waals surface area contributed by atoms with Crippen LogP contribution in [0.5, 0.6) is 5.75 Å². The standard InChI is InChI=1S/C14H9ClF2N2O4/c15-10-6-5-8(19(21)22)7-9(10)13(20)18-11-3-1-2-4-12(11)23-14(16)17/h1-7,14H,(H,18,20). The van der Waals surface area contributed by atoms with Crippen LogP contribution >= 0.6 is 11.6 Å². The van der Waals surface area contributed by atoms with Crippen molar-refractivity contribution in [3.05, 3.63) is 63.2 Å². The summed E-state index contributed by atoms with van der Waals surface area (Å²) in [6, 6.07) is 8.89. The van der Waals surface area contributed by atoms with Gasteiger partial charge in [0.1, 0.15) is 5.75 Å². The number of anilines is 1. The number of carbonyl (C=O) groups excluding carboxylic acids is 1. The Hall–Kier alpha value is -2.74. The number of nitro benzene ring substituents is 1. The van der Waals surface area contributed by atoms with E-state index in [0.29, 0.717) is 0 Å².